The number of alkyl halides is 3. The van der Waals surface area contributed by atoms with Crippen molar-refractivity contribution >= 4 is 49.6 Å². The number of amides is 1. The van der Waals surface area contributed by atoms with Crippen LogP contribution in [-0.4, -0.2) is 68.2 Å². The van der Waals surface area contributed by atoms with Gasteiger partial charge in [-0.3, -0.25) is 4.79 Å². The lowest BCUT2D eigenvalue weighted by atomic mass is 10.1. The number of thiazole rings is 1. The van der Waals surface area contributed by atoms with Gasteiger partial charge in [0.1, 0.15) is 5.75 Å². The van der Waals surface area contributed by atoms with Gasteiger partial charge in [-0.05, 0) is 30.3 Å². The fourth-order valence-corrected chi connectivity index (χ4v) is 4.32. The van der Waals surface area contributed by atoms with Crippen molar-refractivity contribution in [2.24, 2.45) is 7.05 Å². The molecular formula is C21H20F3N5O4S. The molecule has 1 amide bonds. The van der Waals surface area contributed by atoms with E-state index in [0.29, 0.717) is 32.4 Å². The van der Waals surface area contributed by atoms with E-state index in [1.165, 1.54) is 23.1 Å². The molecule has 0 radical (unpaired) electrons. The SMILES string of the molecule is Cn1c(Nc2nc3ccc(OC(F)(F)F)cc3s2)nc2cc(C(=O)N(CCO)CCO)ccc21. The molecule has 2 heterocycles. The number of carbonyl (C=O) groups excluding carboxylic acids is 1. The number of nitrogens with zero attached hydrogens (tertiary/aromatic N) is 4. The van der Waals surface area contributed by atoms with Crippen LogP contribution < -0.4 is 10.1 Å². The summed E-state index contributed by atoms with van der Waals surface area (Å²) >= 11 is 1.14. The van der Waals surface area contributed by atoms with E-state index < -0.39 is 6.36 Å². The molecule has 0 unspecified atom stereocenters. The van der Waals surface area contributed by atoms with Gasteiger partial charge in [0.2, 0.25) is 5.95 Å². The number of benzene rings is 2. The van der Waals surface area contributed by atoms with Gasteiger partial charge in [-0.1, -0.05) is 11.3 Å². The first-order valence-electron chi connectivity index (χ1n) is 10.1. The summed E-state index contributed by atoms with van der Waals surface area (Å²) in [7, 11) is 1.77. The monoisotopic (exact) mass is 495 g/mol. The van der Waals surface area contributed by atoms with Crippen LogP contribution in [0.4, 0.5) is 24.3 Å². The van der Waals surface area contributed by atoms with Gasteiger partial charge in [-0.2, -0.15) is 0 Å². The first-order chi connectivity index (χ1) is 16.2. The summed E-state index contributed by atoms with van der Waals surface area (Å²) < 4.78 is 43.6. The molecule has 13 heteroatoms. The standard InChI is InChI=1S/C21H20F3N5O4S/c1-28-16-5-2-12(18(32)29(6-8-30)7-9-31)10-15(16)25-19(28)27-20-26-14-4-3-13(11-17(14)34-20)33-21(22,23)24/h2-5,10-11,30-31H,6-9H2,1H3,(H,25,26,27). The van der Waals surface area contributed by atoms with Gasteiger partial charge in [0, 0.05) is 31.8 Å². The summed E-state index contributed by atoms with van der Waals surface area (Å²) in [5, 5.41) is 21.8. The molecular weight excluding hydrogens is 475 g/mol. The second-order valence-electron chi connectivity index (χ2n) is 7.26. The highest BCUT2D eigenvalue weighted by Crippen LogP contribution is 2.33. The lowest BCUT2D eigenvalue weighted by Crippen LogP contribution is -2.35. The van der Waals surface area contributed by atoms with Gasteiger partial charge in [0.15, 0.2) is 5.13 Å². The minimum absolute atomic E-state index is 0.0970. The van der Waals surface area contributed by atoms with Crippen molar-refractivity contribution in [3.63, 3.8) is 0 Å². The molecule has 4 aromatic rings. The molecule has 4 rings (SSSR count). The zero-order valence-electron chi connectivity index (χ0n) is 17.8. The van der Waals surface area contributed by atoms with E-state index in [1.54, 1.807) is 29.8 Å². The summed E-state index contributed by atoms with van der Waals surface area (Å²) in [6, 6.07) is 8.89. The molecule has 180 valence electrons. The van der Waals surface area contributed by atoms with E-state index in [9.17, 15) is 18.0 Å². The maximum atomic E-state index is 12.7. The molecule has 0 atom stereocenters. The van der Waals surface area contributed by atoms with Crippen LogP contribution in [0.5, 0.6) is 5.75 Å². The summed E-state index contributed by atoms with van der Waals surface area (Å²) in [6.07, 6.45) is -4.78. The van der Waals surface area contributed by atoms with Crippen LogP contribution in [0.1, 0.15) is 10.4 Å². The van der Waals surface area contributed by atoms with E-state index in [2.05, 4.69) is 20.0 Å². The Hall–Kier alpha value is -3.42. The van der Waals surface area contributed by atoms with Gasteiger partial charge in [0.25, 0.3) is 5.91 Å². The molecule has 0 saturated carbocycles. The van der Waals surface area contributed by atoms with Crippen molar-refractivity contribution in [2.75, 3.05) is 31.6 Å². The molecule has 2 aromatic heterocycles. The fourth-order valence-electron chi connectivity index (χ4n) is 3.43. The number of fused-ring (bicyclic) bond motifs is 2. The minimum atomic E-state index is -4.78. The van der Waals surface area contributed by atoms with Crippen LogP contribution in [0, 0.1) is 0 Å². The number of nitrogens with one attached hydrogen (secondary N) is 1. The Balaban J connectivity index is 1.59. The number of aliphatic hydroxyl groups excluding tert-OH is 2. The minimum Gasteiger partial charge on any atom is -0.406 e. The molecule has 2 aromatic carbocycles. The van der Waals surface area contributed by atoms with Gasteiger partial charge >= 0.3 is 6.36 Å². The third-order valence-corrected chi connectivity index (χ3v) is 5.90. The molecule has 0 fully saturated rings. The Morgan fingerprint density at radius 2 is 1.85 bits per heavy atom. The third kappa shape index (κ3) is 5.05. The molecule has 0 spiro atoms. The van der Waals surface area contributed by atoms with Crippen LogP contribution in [0.15, 0.2) is 36.4 Å². The van der Waals surface area contributed by atoms with E-state index in [0.717, 1.165) is 16.9 Å². The Kier molecular flexibility index (Phi) is 6.59. The molecule has 0 bridgehead atoms. The van der Waals surface area contributed by atoms with Gasteiger partial charge in [-0.25, -0.2) is 9.97 Å². The van der Waals surface area contributed by atoms with Gasteiger partial charge in [0.05, 0.1) is 34.5 Å². The molecule has 0 aliphatic rings. The molecule has 0 saturated heterocycles. The predicted molar refractivity (Wildman–Crippen MR) is 120 cm³/mol. The summed E-state index contributed by atoms with van der Waals surface area (Å²) in [5.41, 5.74) is 2.13. The van der Waals surface area contributed by atoms with E-state index in [-0.39, 0.29) is 38.0 Å². The van der Waals surface area contributed by atoms with Crippen molar-refractivity contribution in [1.82, 2.24) is 19.4 Å². The highest BCUT2D eigenvalue weighted by Gasteiger charge is 2.31. The van der Waals surface area contributed by atoms with Crippen LogP contribution in [0.3, 0.4) is 0 Å². The normalized spacial score (nSPS) is 11.8. The van der Waals surface area contributed by atoms with E-state index in [1.807, 2.05) is 0 Å². The average Bonchev–Trinajstić information content (AvgIpc) is 3.31. The molecule has 0 aliphatic carbocycles. The number of carbonyl (C=O) groups is 1. The first kappa shape index (κ1) is 23.7. The van der Waals surface area contributed by atoms with Crippen LogP contribution >= 0.6 is 11.3 Å². The number of ether oxygens (including phenoxy) is 1. The molecule has 0 aliphatic heterocycles. The van der Waals surface area contributed by atoms with E-state index in [4.69, 9.17) is 10.2 Å². The van der Waals surface area contributed by atoms with Gasteiger partial charge < -0.3 is 29.7 Å². The number of imidazole rings is 1. The lowest BCUT2D eigenvalue weighted by Gasteiger charge is -2.20. The number of aromatic nitrogens is 3. The topological polar surface area (TPSA) is 113 Å². The zero-order chi connectivity index (χ0) is 24.5. The van der Waals surface area contributed by atoms with Gasteiger partial charge in [-0.15, -0.1) is 13.2 Å². The molecule has 3 N–H and O–H groups in total. The van der Waals surface area contributed by atoms with E-state index >= 15 is 0 Å². The number of anilines is 2. The third-order valence-electron chi connectivity index (χ3n) is 4.97. The Bertz CT molecular complexity index is 1330. The maximum Gasteiger partial charge on any atom is 0.573 e. The maximum absolute atomic E-state index is 12.7. The number of aliphatic hydroxyl groups is 2. The molecule has 34 heavy (non-hydrogen) atoms. The number of hydrogen-bond acceptors (Lipinski definition) is 8. The van der Waals surface area contributed by atoms with Crippen molar-refractivity contribution in [2.45, 2.75) is 6.36 Å². The largest absolute Gasteiger partial charge is 0.573 e. The van der Waals surface area contributed by atoms with Crippen LogP contribution in [0.25, 0.3) is 21.3 Å². The van der Waals surface area contributed by atoms with Crippen molar-refractivity contribution in [3.05, 3.63) is 42.0 Å². The first-order valence-corrected chi connectivity index (χ1v) is 10.9. The summed E-state index contributed by atoms with van der Waals surface area (Å²) in [6.45, 7) is -0.255. The quantitative estimate of drug-likeness (QED) is 0.344. The Morgan fingerprint density at radius 1 is 1.12 bits per heavy atom. The second kappa shape index (κ2) is 9.44. The van der Waals surface area contributed by atoms with Crippen molar-refractivity contribution < 1.29 is 32.9 Å². The smallest absolute Gasteiger partial charge is 0.406 e. The number of halogens is 3. The summed E-state index contributed by atoms with van der Waals surface area (Å²) in [4.78, 5) is 23.0. The fraction of sp³-hybridized carbons (Fsp3) is 0.286. The van der Waals surface area contributed by atoms with Crippen LogP contribution in [-0.2, 0) is 7.05 Å². The Labute approximate surface area is 195 Å². The second-order valence-corrected chi connectivity index (χ2v) is 8.29. The van der Waals surface area contributed by atoms with Crippen molar-refractivity contribution in [3.8, 4) is 5.75 Å². The number of rotatable bonds is 8. The van der Waals surface area contributed by atoms with Crippen LogP contribution in [0.2, 0.25) is 0 Å². The summed E-state index contributed by atoms with van der Waals surface area (Å²) in [5.74, 6) is -0.243. The zero-order valence-corrected chi connectivity index (χ0v) is 18.7. The highest BCUT2D eigenvalue weighted by molar-refractivity contribution is 7.22. The lowest BCUT2D eigenvalue weighted by molar-refractivity contribution is -0.274. The number of hydrogen-bond donors (Lipinski definition) is 3. The highest BCUT2D eigenvalue weighted by atomic mass is 32.1. The Morgan fingerprint density at radius 3 is 2.53 bits per heavy atom. The van der Waals surface area contributed by atoms with Crippen molar-refractivity contribution in [1.29, 1.82) is 0 Å². The number of aryl methyl sites for hydroxylation is 1. The molecule has 9 nitrogen and oxygen atoms in total. The predicted octanol–water partition coefficient (Wildman–Crippen LogP) is 3.25. The average molecular weight is 495 g/mol.